The molecule has 1 aromatic rings. The Hall–Kier alpha value is -0.730. The molecular formula is C12H16ClNO. The second kappa shape index (κ2) is 4.86. The fraction of sp³-hybridized carbons (Fsp3) is 0.500. The standard InChI is InChI=1S/C12H16ClNO/c1-9(10-6-7-14-8-10)15-12-4-2-11(13)3-5-12/h2-5,9-10,14H,6-8H2,1H3. The highest BCUT2D eigenvalue weighted by molar-refractivity contribution is 6.30. The average Bonchev–Trinajstić information content (AvgIpc) is 2.74. The molecule has 1 fully saturated rings. The highest BCUT2D eigenvalue weighted by atomic mass is 35.5. The lowest BCUT2D eigenvalue weighted by Crippen LogP contribution is -2.25. The molecule has 0 spiro atoms. The maximum absolute atomic E-state index is 5.85. The van der Waals surface area contributed by atoms with Crippen LogP contribution in [0.1, 0.15) is 13.3 Å². The third-order valence-electron chi connectivity index (χ3n) is 2.90. The first kappa shape index (κ1) is 10.8. The molecule has 2 rings (SSSR count). The lowest BCUT2D eigenvalue weighted by Gasteiger charge is -2.20. The Morgan fingerprint density at radius 1 is 1.40 bits per heavy atom. The quantitative estimate of drug-likeness (QED) is 0.854. The molecule has 1 saturated heterocycles. The number of nitrogens with one attached hydrogen (secondary N) is 1. The van der Waals surface area contributed by atoms with Crippen LogP contribution < -0.4 is 10.1 Å². The van der Waals surface area contributed by atoms with Gasteiger partial charge in [-0.2, -0.15) is 0 Å². The summed E-state index contributed by atoms with van der Waals surface area (Å²) in [6.07, 6.45) is 1.47. The summed E-state index contributed by atoms with van der Waals surface area (Å²) in [5.41, 5.74) is 0. The van der Waals surface area contributed by atoms with Crippen LogP contribution in [-0.4, -0.2) is 19.2 Å². The first-order valence-electron chi connectivity index (χ1n) is 5.38. The Morgan fingerprint density at radius 3 is 2.73 bits per heavy atom. The minimum atomic E-state index is 0.265. The van der Waals surface area contributed by atoms with Gasteiger partial charge in [-0.15, -0.1) is 0 Å². The second-order valence-corrected chi connectivity index (χ2v) is 4.47. The van der Waals surface area contributed by atoms with Gasteiger partial charge in [0.15, 0.2) is 0 Å². The lowest BCUT2D eigenvalue weighted by atomic mass is 10.0. The molecule has 1 heterocycles. The number of halogens is 1. The molecule has 1 aliphatic heterocycles. The Bertz CT molecular complexity index is 306. The van der Waals surface area contributed by atoms with E-state index in [4.69, 9.17) is 16.3 Å². The molecule has 3 heteroatoms. The summed E-state index contributed by atoms with van der Waals surface area (Å²) >= 11 is 5.81. The van der Waals surface area contributed by atoms with Gasteiger partial charge in [-0.3, -0.25) is 0 Å². The minimum absolute atomic E-state index is 0.265. The molecule has 82 valence electrons. The van der Waals surface area contributed by atoms with Crippen LogP contribution in [0.15, 0.2) is 24.3 Å². The molecule has 0 aliphatic carbocycles. The molecule has 0 aromatic heterocycles. The van der Waals surface area contributed by atoms with Gasteiger partial charge in [-0.25, -0.2) is 0 Å². The van der Waals surface area contributed by atoms with E-state index in [9.17, 15) is 0 Å². The van der Waals surface area contributed by atoms with Crippen LogP contribution in [0.25, 0.3) is 0 Å². The summed E-state index contributed by atoms with van der Waals surface area (Å²) in [7, 11) is 0. The summed E-state index contributed by atoms with van der Waals surface area (Å²) in [5.74, 6) is 1.53. The molecule has 1 aliphatic rings. The van der Waals surface area contributed by atoms with Crippen molar-refractivity contribution in [2.75, 3.05) is 13.1 Å². The maximum Gasteiger partial charge on any atom is 0.119 e. The fourth-order valence-electron chi connectivity index (χ4n) is 1.90. The molecule has 0 saturated carbocycles. The van der Waals surface area contributed by atoms with Crippen LogP contribution in [0.4, 0.5) is 0 Å². The zero-order valence-electron chi connectivity index (χ0n) is 8.87. The summed E-state index contributed by atoms with van der Waals surface area (Å²) in [6.45, 7) is 4.31. The Labute approximate surface area is 95.6 Å². The monoisotopic (exact) mass is 225 g/mol. The number of rotatable bonds is 3. The Balaban J connectivity index is 1.92. The van der Waals surface area contributed by atoms with Gasteiger partial charge in [0, 0.05) is 17.5 Å². The highest BCUT2D eigenvalue weighted by Gasteiger charge is 2.22. The normalized spacial score (nSPS) is 22.7. The predicted molar refractivity (Wildman–Crippen MR) is 62.5 cm³/mol. The summed E-state index contributed by atoms with van der Waals surface area (Å²) in [6, 6.07) is 7.55. The number of ether oxygens (including phenoxy) is 1. The highest BCUT2D eigenvalue weighted by Crippen LogP contribution is 2.21. The van der Waals surface area contributed by atoms with Crippen LogP contribution in [0.3, 0.4) is 0 Å². The van der Waals surface area contributed by atoms with Crippen molar-refractivity contribution in [2.45, 2.75) is 19.4 Å². The molecule has 15 heavy (non-hydrogen) atoms. The number of hydrogen-bond acceptors (Lipinski definition) is 2. The molecule has 0 amide bonds. The van der Waals surface area contributed by atoms with Crippen molar-refractivity contribution < 1.29 is 4.74 Å². The van der Waals surface area contributed by atoms with Crippen molar-refractivity contribution in [2.24, 2.45) is 5.92 Å². The van der Waals surface area contributed by atoms with Crippen LogP contribution in [0.5, 0.6) is 5.75 Å². The minimum Gasteiger partial charge on any atom is -0.490 e. The number of benzene rings is 1. The lowest BCUT2D eigenvalue weighted by molar-refractivity contribution is 0.161. The largest absolute Gasteiger partial charge is 0.490 e. The zero-order valence-corrected chi connectivity index (χ0v) is 9.63. The molecule has 1 N–H and O–H groups in total. The topological polar surface area (TPSA) is 21.3 Å². The van der Waals surface area contributed by atoms with Crippen molar-refractivity contribution in [3.8, 4) is 5.75 Å². The van der Waals surface area contributed by atoms with E-state index in [1.807, 2.05) is 24.3 Å². The van der Waals surface area contributed by atoms with E-state index in [-0.39, 0.29) is 6.10 Å². The summed E-state index contributed by atoms with van der Waals surface area (Å²) in [4.78, 5) is 0. The molecule has 2 atom stereocenters. The van der Waals surface area contributed by atoms with Crippen LogP contribution in [0.2, 0.25) is 5.02 Å². The van der Waals surface area contributed by atoms with Crippen molar-refractivity contribution in [3.05, 3.63) is 29.3 Å². The van der Waals surface area contributed by atoms with Gasteiger partial charge in [0.25, 0.3) is 0 Å². The predicted octanol–water partition coefficient (Wildman–Crippen LogP) is 2.72. The molecular weight excluding hydrogens is 210 g/mol. The van der Waals surface area contributed by atoms with Crippen molar-refractivity contribution in [1.82, 2.24) is 5.32 Å². The van der Waals surface area contributed by atoms with Gasteiger partial charge in [0.1, 0.15) is 5.75 Å². The van der Waals surface area contributed by atoms with Crippen molar-refractivity contribution in [1.29, 1.82) is 0 Å². The molecule has 1 aromatic carbocycles. The van der Waals surface area contributed by atoms with Crippen molar-refractivity contribution >= 4 is 11.6 Å². The van der Waals surface area contributed by atoms with E-state index < -0.39 is 0 Å². The summed E-state index contributed by atoms with van der Waals surface area (Å²) in [5, 5.41) is 4.09. The fourth-order valence-corrected chi connectivity index (χ4v) is 2.03. The van der Waals surface area contributed by atoms with E-state index in [1.54, 1.807) is 0 Å². The average molecular weight is 226 g/mol. The first-order valence-corrected chi connectivity index (χ1v) is 5.76. The molecule has 0 radical (unpaired) electrons. The smallest absolute Gasteiger partial charge is 0.119 e. The van der Waals surface area contributed by atoms with Gasteiger partial charge < -0.3 is 10.1 Å². The van der Waals surface area contributed by atoms with E-state index in [0.29, 0.717) is 5.92 Å². The maximum atomic E-state index is 5.85. The first-order chi connectivity index (χ1) is 7.25. The van der Waals surface area contributed by atoms with Crippen molar-refractivity contribution in [3.63, 3.8) is 0 Å². The van der Waals surface area contributed by atoms with Gasteiger partial charge in [0.2, 0.25) is 0 Å². The molecule has 2 unspecified atom stereocenters. The van der Waals surface area contributed by atoms with Gasteiger partial charge in [0.05, 0.1) is 6.10 Å². The van der Waals surface area contributed by atoms with E-state index in [1.165, 1.54) is 6.42 Å². The summed E-state index contributed by atoms with van der Waals surface area (Å²) < 4.78 is 5.85. The van der Waals surface area contributed by atoms with E-state index >= 15 is 0 Å². The van der Waals surface area contributed by atoms with Crippen LogP contribution in [0, 0.1) is 5.92 Å². The van der Waals surface area contributed by atoms with E-state index in [2.05, 4.69) is 12.2 Å². The number of hydrogen-bond donors (Lipinski definition) is 1. The van der Waals surface area contributed by atoms with Gasteiger partial charge in [-0.05, 0) is 44.2 Å². The third kappa shape index (κ3) is 2.86. The SMILES string of the molecule is CC(Oc1ccc(Cl)cc1)C1CCNC1. The van der Waals surface area contributed by atoms with Gasteiger partial charge >= 0.3 is 0 Å². The second-order valence-electron chi connectivity index (χ2n) is 4.03. The van der Waals surface area contributed by atoms with Crippen LogP contribution in [-0.2, 0) is 0 Å². The molecule has 0 bridgehead atoms. The van der Waals surface area contributed by atoms with E-state index in [0.717, 1.165) is 23.9 Å². The third-order valence-corrected chi connectivity index (χ3v) is 3.15. The molecule has 2 nitrogen and oxygen atoms in total. The van der Waals surface area contributed by atoms with Crippen LogP contribution >= 0.6 is 11.6 Å². The zero-order chi connectivity index (χ0) is 10.7. The Morgan fingerprint density at radius 2 is 2.13 bits per heavy atom. The van der Waals surface area contributed by atoms with Gasteiger partial charge in [-0.1, -0.05) is 11.6 Å². The Kier molecular flexibility index (Phi) is 3.49.